The van der Waals surface area contributed by atoms with Gasteiger partial charge in [-0.3, -0.25) is 4.79 Å². The zero-order valence-corrected chi connectivity index (χ0v) is 20.7. The summed E-state index contributed by atoms with van der Waals surface area (Å²) in [4.78, 5) is 12.0. The second kappa shape index (κ2) is 10.9. The molecule has 0 aromatic carbocycles. The zero-order chi connectivity index (χ0) is 22.5. The van der Waals surface area contributed by atoms with Crippen molar-refractivity contribution in [2.75, 3.05) is 6.61 Å². The predicted octanol–water partition coefficient (Wildman–Crippen LogP) is 6.61. The molecular formula is C27H46O4. The molecule has 178 valence electrons. The lowest BCUT2D eigenvalue weighted by Crippen LogP contribution is -2.57. The van der Waals surface area contributed by atoms with Crippen LogP contribution in [-0.2, 0) is 19.0 Å². The van der Waals surface area contributed by atoms with Crippen molar-refractivity contribution in [2.24, 2.45) is 17.8 Å². The highest BCUT2D eigenvalue weighted by atomic mass is 16.8. The lowest BCUT2D eigenvalue weighted by Gasteiger charge is -2.44. The Morgan fingerprint density at radius 1 is 1.00 bits per heavy atom. The van der Waals surface area contributed by atoms with Crippen LogP contribution in [0.2, 0.25) is 0 Å². The molecule has 0 radical (unpaired) electrons. The van der Waals surface area contributed by atoms with Crippen molar-refractivity contribution in [1.82, 2.24) is 0 Å². The molecule has 0 saturated carbocycles. The van der Waals surface area contributed by atoms with Crippen LogP contribution >= 0.6 is 0 Å². The zero-order valence-electron chi connectivity index (χ0n) is 20.7. The Labute approximate surface area is 190 Å². The molecule has 0 unspecified atom stereocenters. The lowest BCUT2D eigenvalue weighted by atomic mass is 9.80. The molecule has 6 atom stereocenters. The van der Waals surface area contributed by atoms with E-state index in [1.165, 1.54) is 51.4 Å². The summed E-state index contributed by atoms with van der Waals surface area (Å²) in [6, 6.07) is 0. The number of hydrogen-bond donors (Lipinski definition) is 0. The van der Waals surface area contributed by atoms with Crippen LogP contribution in [0, 0.1) is 17.8 Å². The van der Waals surface area contributed by atoms with Crippen molar-refractivity contribution in [3.05, 3.63) is 12.2 Å². The number of rotatable bonds is 14. The van der Waals surface area contributed by atoms with Crippen LogP contribution in [0.15, 0.2) is 12.2 Å². The van der Waals surface area contributed by atoms with Gasteiger partial charge in [0.2, 0.25) is 5.79 Å². The smallest absolute Gasteiger partial charge is 0.221 e. The normalized spacial score (nSPS) is 33.8. The number of ether oxygens (including phenoxy) is 3. The highest BCUT2D eigenvalue weighted by Gasteiger charge is 2.75. The van der Waals surface area contributed by atoms with Crippen molar-refractivity contribution in [3.63, 3.8) is 0 Å². The molecule has 3 rings (SSSR count). The Hall–Kier alpha value is -0.710. The second-order valence-electron chi connectivity index (χ2n) is 10.9. The predicted molar refractivity (Wildman–Crippen MR) is 125 cm³/mol. The van der Waals surface area contributed by atoms with E-state index in [0.717, 1.165) is 37.0 Å². The van der Waals surface area contributed by atoms with Gasteiger partial charge in [0.15, 0.2) is 17.5 Å². The second-order valence-corrected chi connectivity index (χ2v) is 10.9. The molecule has 2 fully saturated rings. The molecule has 4 heteroatoms. The molecule has 4 nitrogen and oxygen atoms in total. The standard InChI is InChI=1S/C27H46O4/c1-6-29-27-19-17-24(28)25-26(27,31-25)18-16-23(30-27)15-9-14-22(5)13-8-12-21(4)11-7-10-20(2)3/h17,19-23,25H,6-16,18H2,1-5H3/t21-,22-,23-,25+,26+,27-/m1/s1. The number of carbonyl (C=O) groups excluding carboxylic acids is 1. The Morgan fingerprint density at radius 3 is 2.29 bits per heavy atom. The Bertz CT molecular complexity index is 614. The van der Waals surface area contributed by atoms with Crippen molar-refractivity contribution < 1.29 is 19.0 Å². The molecule has 3 aliphatic rings. The Kier molecular flexibility index (Phi) is 8.80. The van der Waals surface area contributed by atoms with Gasteiger partial charge in [-0.25, -0.2) is 0 Å². The van der Waals surface area contributed by atoms with Crippen LogP contribution < -0.4 is 0 Å². The molecule has 0 aromatic heterocycles. The molecular weight excluding hydrogens is 388 g/mol. The number of epoxide rings is 1. The van der Waals surface area contributed by atoms with Crippen LogP contribution in [0.1, 0.15) is 105 Å². The van der Waals surface area contributed by atoms with E-state index in [2.05, 4.69) is 27.7 Å². The number of ketones is 1. The molecule has 2 heterocycles. The fourth-order valence-electron chi connectivity index (χ4n) is 5.63. The van der Waals surface area contributed by atoms with Crippen molar-refractivity contribution in [2.45, 2.75) is 129 Å². The quantitative estimate of drug-likeness (QED) is 0.288. The van der Waals surface area contributed by atoms with E-state index in [4.69, 9.17) is 14.2 Å². The summed E-state index contributed by atoms with van der Waals surface area (Å²) in [7, 11) is 0. The van der Waals surface area contributed by atoms with Gasteiger partial charge in [-0.1, -0.05) is 79.1 Å². The summed E-state index contributed by atoms with van der Waals surface area (Å²) in [6.07, 6.45) is 16.8. The van der Waals surface area contributed by atoms with Crippen molar-refractivity contribution >= 4 is 5.78 Å². The Morgan fingerprint density at radius 2 is 1.65 bits per heavy atom. The fourth-order valence-corrected chi connectivity index (χ4v) is 5.63. The van der Waals surface area contributed by atoms with E-state index in [-0.39, 0.29) is 18.0 Å². The first-order valence-electron chi connectivity index (χ1n) is 13.0. The van der Waals surface area contributed by atoms with E-state index >= 15 is 0 Å². The monoisotopic (exact) mass is 434 g/mol. The number of hydrogen-bond acceptors (Lipinski definition) is 4. The molecule has 0 aromatic rings. The van der Waals surface area contributed by atoms with Crippen LogP contribution in [0.3, 0.4) is 0 Å². The van der Waals surface area contributed by atoms with Gasteiger partial charge in [0.25, 0.3) is 0 Å². The first kappa shape index (κ1) is 24.9. The van der Waals surface area contributed by atoms with E-state index in [1.807, 2.05) is 13.0 Å². The lowest BCUT2D eigenvalue weighted by molar-refractivity contribution is -0.282. The largest absolute Gasteiger partial charge is 0.351 e. The molecule has 2 saturated heterocycles. The van der Waals surface area contributed by atoms with Crippen molar-refractivity contribution in [3.8, 4) is 0 Å². The van der Waals surface area contributed by atoms with Crippen LogP contribution in [0.4, 0.5) is 0 Å². The maximum Gasteiger partial charge on any atom is 0.221 e. The molecule has 0 N–H and O–H groups in total. The van der Waals surface area contributed by atoms with Gasteiger partial charge >= 0.3 is 0 Å². The van der Waals surface area contributed by atoms with Gasteiger partial charge in [0.1, 0.15) is 0 Å². The summed E-state index contributed by atoms with van der Waals surface area (Å²) in [5.41, 5.74) is -0.565. The highest BCUT2D eigenvalue weighted by Crippen LogP contribution is 2.58. The summed E-state index contributed by atoms with van der Waals surface area (Å²) in [5, 5.41) is 0. The minimum Gasteiger partial charge on any atom is -0.351 e. The maximum absolute atomic E-state index is 12.0. The fraction of sp³-hybridized carbons (Fsp3) is 0.889. The summed E-state index contributed by atoms with van der Waals surface area (Å²) >= 11 is 0. The van der Waals surface area contributed by atoms with Gasteiger partial charge in [-0.2, -0.15) is 0 Å². The molecule has 2 aliphatic heterocycles. The molecule has 1 aliphatic carbocycles. The van der Waals surface area contributed by atoms with Crippen molar-refractivity contribution in [1.29, 1.82) is 0 Å². The minimum atomic E-state index is -0.861. The minimum absolute atomic E-state index is 0.0560. The maximum atomic E-state index is 12.0. The van der Waals surface area contributed by atoms with Crippen LogP contribution in [-0.4, -0.2) is 36.0 Å². The highest BCUT2D eigenvalue weighted by molar-refractivity contribution is 5.98. The van der Waals surface area contributed by atoms with E-state index in [1.54, 1.807) is 6.08 Å². The summed E-state index contributed by atoms with van der Waals surface area (Å²) < 4.78 is 18.4. The first-order valence-corrected chi connectivity index (χ1v) is 13.0. The van der Waals surface area contributed by atoms with Crippen LogP contribution in [0.25, 0.3) is 0 Å². The van der Waals surface area contributed by atoms with Crippen LogP contribution in [0.5, 0.6) is 0 Å². The number of carbonyl (C=O) groups is 1. The van der Waals surface area contributed by atoms with Gasteiger partial charge in [0.05, 0.1) is 6.10 Å². The first-order chi connectivity index (χ1) is 14.8. The van der Waals surface area contributed by atoms with Gasteiger partial charge < -0.3 is 14.2 Å². The third-order valence-corrected chi connectivity index (χ3v) is 7.64. The third kappa shape index (κ3) is 6.00. The van der Waals surface area contributed by atoms with Gasteiger partial charge in [-0.15, -0.1) is 0 Å². The average Bonchev–Trinajstić information content (AvgIpc) is 3.46. The van der Waals surface area contributed by atoms with E-state index in [9.17, 15) is 4.79 Å². The van der Waals surface area contributed by atoms with Gasteiger partial charge in [-0.05, 0) is 56.1 Å². The molecule has 31 heavy (non-hydrogen) atoms. The van der Waals surface area contributed by atoms with E-state index in [0.29, 0.717) is 6.61 Å². The van der Waals surface area contributed by atoms with Gasteiger partial charge in [0, 0.05) is 6.61 Å². The SMILES string of the molecule is CCO[C@@]12C=CC(=O)[C@@H]3O[C@@]31CC[C@@H](CCC[C@H](C)CCC[C@H](C)CCCC(C)C)O2. The molecule has 0 bridgehead atoms. The third-order valence-electron chi connectivity index (χ3n) is 7.64. The van der Waals surface area contributed by atoms with E-state index < -0.39 is 11.4 Å². The summed E-state index contributed by atoms with van der Waals surface area (Å²) in [6.45, 7) is 12.0. The average molecular weight is 435 g/mol. The topological polar surface area (TPSA) is 48.1 Å². The summed E-state index contributed by atoms with van der Waals surface area (Å²) in [5.74, 6) is 1.68. The molecule has 1 spiro atoms. The Balaban J connectivity index is 1.34. The molecule has 0 amide bonds.